The van der Waals surface area contributed by atoms with Crippen LogP contribution in [-0.4, -0.2) is 51.0 Å². The van der Waals surface area contributed by atoms with Gasteiger partial charge in [-0.15, -0.1) is 0 Å². The molecule has 1 aromatic carbocycles. The van der Waals surface area contributed by atoms with Gasteiger partial charge >= 0.3 is 6.09 Å². The lowest BCUT2D eigenvalue weighted by molar-refractivity contribution is -0.136. The molecule has 0 bridgehead atoms. The Morgan fingerprint density at radius 2 is 2.00 bits per heavy atom. The number of amides is 2. The molecule has 0 spiro atoms. The van der Waals surface area contributed by atoms with Crippen molar-refractivity contribution >= 4 is 22.9 Å². The molecule has 3 heterocycles. The molecule has 0 unspecified atom stereocenters. The zero-order valence-electron chi connectivity index (χ0n) is 15.7. The topological polar surface area (TPSA) is 67.7 Å². The van der Waals surface area contributed by atoms with Crippen LogP contribution in [0.15, 0.2) is 54.9 Å². The van der Waals surface area contributed by atoms with E-state index in [-0.39, 0.29) is 19.1 Å². The van der Waals surface area contributed by atoms with Crippen LogP contribution >= 0.6 is 0 Å². The third-order valence-electron chi connectivity index (χ3n) is 5.08. The van der Waals surface area contributed by atoms with Crippen molar-refractivity contribution in [1.29, 1.82) is 0 Å². The Kier molecular flexibility index (Phi) is 4.97. The Balaban J connectivity index is 1.35. The van der Waals surface area contributed by atoms with Gasteiger partial charge in [-0.25, -0.2) is 4.79 Å². The molecule has 1 aliphatic heterocycles. The summed E-state index contributed by atoms with van der Waals surface area (Å²) in [6, 6.07) is 13.5. The molecule has 0 aliphatic carbocycles. The third-order valence-corrected chi connectivity index (χ3v) is 5.08. The van der Waals surface area contributed by atoms with Gasteiger partial charge in [-0.2, -0.15) is 0 Å². The number of nitrogens with zero attached hydrogens (tertiary/aromatic N) is 4. The maximum atomic E-state index is 12.6. The van der Waals surface area contributed by atoms with Gasteiger partial charge in [0, 0.05) is 43.6 Å². The fourth-order valence-corrected chi connectivity index (χ4v) is 3.44. The van der Waals surface area contributed by atoms with Gasteiger partial charge in [-0.3, -0.25) is 14.7 Å². The maximum Gasteiger partial charge on any atom is 0.410 e. The molecule has 2 amide bonds. The number of hydrogen-bond donors (Lipinski definition) is 0. The summed E-state index contributed by atoms with van der Waals surface area (Å²) >= 11 is 0. The summed E-state index contributed by atoms with van der Waals surface area (Å²) in [7, 11) is 1.99. The number of hydrogen-bond acceptors (Lipinski definition) is 4. The molecule has 1 fully saturated rings. The van der Waals surface area contributed by atoms with Gasteiger partial charge in [0.25, 0.3) is 0 Å². The predicted molar refractivity (Wildman–Crippen MR) is 104 cm³/mol. The Bertz CT molecular complexity index is 999. The van der Waals surface area contributed by atoms with Crippen LogP contribution in [0.25, 0.3) is 10.9 Å². The lowest BCUT2D eigenvalue weighted by Gasteiger charge is -2.33. The molecule has 7 nitrogen and oxygen atoms in total. The first-order chi connectivity index (χ1) is 13.6. The quantitative estimate of drug-likeness (QED) is 0.700. The molecule has 0 N–H and O–H groups in total. The van der Waals surface area contributed by atoms with E-state index in [1.807, 2.05) is 49.6 Å². The van der Waals surface area contributed by atoms with E-state index in [1.54, 1.807) is 11.1 Å². The van der Waals surface area contributed by atoms with Crippen LogP contribution in [0.4, 0.5) is 4.79 Å². The van der Waals surface area contributed by atoms with Crippen LogP contribution < -0.4 is 0 Å². The van der Waals surface area contributed by atoms with E-state index < -0.39 is 6.09 Å². The van der Waals surface area contributed by atoms with Crippen molar-refractivity contribution in [2.24, 2.45) is 7.05 Å². The molecule has 0 atom stereocenters. The number of pyridine rings is 1. The van der Waals surface area contributed by atoms with E-state index in [2.05, 4.69) is 15.6 Å². The summed E-state index contributed by atoms with van der Waals surface area (Å²) in [5.41, 5.74) is 3.04. The summed E-state index contributed by atoms with van der Waals surface area (Å²) in [5, 5.41) is 1.05. The number of carbonyl (C=O) groups excluding carboxylic acids is 2. The van der Waals surface area contributed by atoms with Gasteiger partial charge in [0.15, 0.2) is 0 Å². The minimum atomic E-state index is -0.451. The number of benzene rings is 1. The molecular weight excluding hydrogens is 356 g/mol. The summed E-state index contributed by atoms with van der Waals surface area (Å²) in [5.74, 6) is -0.0775. The van der Waals surface area contributed by atoms with E-state index in [4.69, 9.17) is 4.74 Å². The monoisotopic (exact) mass is 378 g/mol. The van der Waals surface area contributed by atoms with Crippen LogP contribution in [0, 0.1) is 0 Å². The Morgan fingerprint density at radius 3 is 2.75 bits per heavy atom. The normalized spacial score (nSPS) is 14.5. The number of piperazine rings is 1. The van der Waals surface area contributed by atoms with E-state index in [0.717, 1.165) is 22.2 Å². The van der Waals surface area contributed by atoms with Crippen molar-refractivity contribution in [3.05, 3.63) is 66.1 Å². The average molecular weight is 378 g/mol. The second-order valence-electron chi connectivity index (χ2n) is 6.91. The Hall–Kier alpha value is -3.35. The lowest BCUT2D eigenvalue weighted by atomic mass is 10.2. The number of fused-ring (bicyclic) bond motifs is 1. The fourth-order valence-electron chi connectivity index (χ4n) is 3.44. The average Bonchev–Trinajstić information content (AvgIpc) is 3.04. The molecule has 1 aliphatic rings. The molecule has 0 radical (unpaired) electrons. The van der Waals surface area contributed by atoms with Gasteiger partial charge in [-0.1, -0.05) is 30.3 Å². The molecule has 144 valence electrons. The zero-order valence-corrected chi connectivity index (χ0v) is 15.7. The van der Waals surface area contributed by atoms with Gasteiger partial charge in [0.2, 0.25) is 5.91 Å². The van der Waals surface area contributed by atoms with Gasteiger partial charge in [0.05, 0.1) is 12.1 Å². The number of ether oxygens (including phenoxy) is 1. The van der Waals surface area contributed by atoms with E-state index in [1.165, 1.54) is 4.90 Å². The smallest absolute Gasteiger partial charge is 0.410 e. The first-order valence-corrected chi connectivity index (χ1v) is 9.23. The molecule has 4 rings (SSSR count). The largest absolute Gasteiger partial charge is 0.445 e. The minimum Gasteiger partial charge on any atom is -0.445 e. The minimum absolute atomic E-state index is 0.0408. The molecule has 3 aromatic rings. The standard InChI is InChI=1S/C21H22N4O3/c1-23-18(11-17-12-22-8-7-19(17)23)13-24-9-10-25(14-20(24)26)21(27)28-15-16-5-3-2-4-6-16/h2-8,11-12H,9-10,13-15H2,1H3. The molecule has 28 heavy (non-hydrogen) atoms. The second kappa shape index (κ2) is 7.72. The third kappa shape index (κ3) is 3.69. The predicted octanol–water partition coefficient (Wildman–Crippen LogP) is 2.55. The molecule has 7 heteroatoms. The van der Waals surface area contributed by atoms with Gasteiger partial charge < -0.3 is 14.2 Å². The van der Waals surface area contributed by atoms with Crippen LogP contribution in [-0.2, 0) is 29.7 Å². The van der Waals surface area contributed by atoms with Gasteiger partial charge in [-0.05, 0) is 17.7 Å². The summed E-state index contributed by atoms with van der Waals surface area (Å²) < 4.78 is 7.41. The Labute approximate surface area is 163 Å². The molecule has 0 saturated carbocycles. The number of carbonyl (C=O) groups is 2. The van der Waals surface area contributed by atoms with E-state index in [0.29, 0.717) is 19.6 Å². The van der Waals surface area contributed by atoms with Crippen LogP contribution in [0.1, 0.15) is 11.3 Å². The van der Waals surface area contributed by atoms with E-state index in [9.17, 15) is 9.59 Å². The molecular formula is C21H22N4O3. The number of rotatable bonds is 4. The van der Waals surface area contributed by atoms with E-state index >= 15 is 0 Å². The number of aryl methyl sites for hydroxylation is 1. The highest BCUT2D eigenvalue weighted by atomic mass is 16.6. The summed E-state index contributed by atoms with van der Waals surface area (Å²) in [6.07, 6.45) is 3.13. The molecule has 1 saturated heterocycles. The van der Waals surface area contributed by atoms with Crippen molar-refractivity contribution in [2.45, 2.75) is 13.2 Å². The highest BCUT2D eigenvalue weighted by Gasteiger charge is 2.28. The summed E-state index contributed by atoms with van der Waals surface area (Å²) in [6.45, 7) is 1.71. The van der Waals surface area contributed by atoms with Crippen LogP contribution in [0.3, 0.4) is 0 Å². The fraction of sp³-hybridized carbons (Fsp3) is 0.286. The first-order valence-electron chi connectivity index (χ1n) is 9.23. The summed E-state index contributed by atoms with van der Waals surface area (Å²) in [4.78, 5) is 32.2. The van der Waals surface area contributed by atoms with Crippen molar-refractivity contribution in [3.63, 3.8) is 0 Å². The first kappa shape index (κ1) is 18.0. The highest BCUT2D eigenvalue weighted by Crippen LogP contribution is 2.19. The van der Waals surface area contributed by atoms with Crippen molar-refractivity contribution < 1.29 is 14.3 Å². The maximum absolute atomic E-state index is 12.6. The van der Waals surface area contributed by atoms with Gasteiger partial charge in [0.1, 0.15) is 13.2 Å². The zero-order chi connectivity index (χ0) is 19.5. The Morgan fingerprint density at radius 1 is 1.18 bits per heavy atom. The van der Waals surface area contributed by atoms with Crippen LogP contribution in [0.2, 0.25) is 0 Å². The van der Waals surface area contributed by atoms with Crippen LogP contribution in [0.5, 0.6) is 0 Å². The lowest BCUT2D eigenvalue weighted by Crippen LogP contribution is -2.52. The van der Waals surface area contributed by atoms with Crippen molar-refractivity contribution in [1.82, 2.24) is 19.4 Å². The molecule has 2 aromatic heterocycles. The highest BCUT2D eigenvalue weighted by molar-refractivity contribution is 5.84. The van der Waals surface area contributed by atoms with Crippen molar-refractivity contribution in [2.75, 3.05) is 19.6 Å². The van der Waals surface area contributed by atoms with Crippen molar-refractivity contribution in [3.8, 4) is 0 Å². The second-order valence-corrected chi connectivity index (χ2v) is 6.91. The SMILES string of the molecule is Cn1c(CN2CCN(C(=O)OCc3ccccc3)CC2=O)cc2cnccc21. The number of aromatic nitrogens is 2.